The molecular formula is C13H15NO5S. The Bertz CT molecular complexity index is 639. The molecule has 0 amide bonds. The number of benzene rings is 1. The quantitative estimate of drug-likeness (QED) is 0.593. The van der Waals surface area contributed by atoms with Crippen LogP contribution in [0.2, 0.25) is 0 Å². The Balaban J connectivity index is 1.94. The molecule has 2 aliphatic heterocycles. The molecule has 20 heavy (non-hydrogen) atoms. The van der Waals surface area contributed by atoms with E-state index in [1.165, 1.54) is 11.4 Å². The number of fused-ring (bicyclic) bond motifs is 1. The summed E-state index contributed by atoms with van der Waals surface area (Å²) in [6.45, 7) is 2.08. The first kappa shape index (κ1) is 13.5. The van der Waals surface area contributed by atoms with Crippen LogP contribution in [0.5, 0.6) is 0 Å². The molecule has 0 aromatic heterocycles. The van der Waals surface area contributed by atoms with Gasteiger partial charge in [0.05, 0.1) is 12.0 Å². The summed E-state index contributed by atoms with van der Waals surface area (Å²) in [7, 11) is -2.46. The van der Waals surface area contributed by atoms with Crippen molar-refractivity contribution < 1.29 is 22.7 Å². The van der Waals surface area contributed by atoms with Gasteiger partial charge in [-0.15, -0.1) is 0 Å². The highest BCUT2D eigenvalue weighted by molar-refractivity contribution is 7.89. The Morgan fingerprint density at radius 2 is 2.00 bits per heavy atom. The minimum absolute atomic E-state index is 0.179. The lowest BCUT2D eigenvalue weighted by Crippen LogP contribution is -2.45. The van der Waals surface area contributed by atoms with Crippen molar-refractivity contribution in [1.29, 1.82) is 0 Å². The monoisotopic (exact) mass is 297 g/mol. The lowest BCUT2D eigenvalue weighted by molar-refractivity contribution is -0.145. The summed E-state index contributed by atoms with van der Waals surface area (Å²) in [5.41, 5.74) is 0.973. The fourth-order valence-electron chi connectivity index (χ4n) is 2.50. The molecule has 3 unspecified atom stereocenters. The van der Waals surface area contributed by atoms with E-state index in [0.29, 0.717) is 0 Å². The van der Waals surface area contributed by atoms with Crippen LogP contribution in [0.25, 0.3) is 0 Å². The number of ether oxygens (including phenoxy) is 2. The van der Waals surface area contributed by atoms with Crippen LogP contribution < -0.4 is 0 Å². The molecular weight excluding hydrogens is 282 g/mol. The molecule has 1 aromatic rings. The summed E-state index contributed by atoms with van der Waals surface area (Å²) in [5.74, 6) is -0.578. The van der Waals surface area contributed by atoms with Crippen LogP contribution in [0.1, 0.15) is 5.56 Å². The number of hydrogen-bond acceptors (Lipinski definition) is 5. The number of methoxy groups -OCH3 is 1. The highest BCUT2D eigenvalue weighted by Gasteiger charge is 2.61. The smallest absolute Gasteiger partial charge is 0.327 e. The average Bonchev–Trinajstić information content (AvgIpc) is 3.09. The molecule has 2 heterocycles. The molecule has 2 aliphatic rings. The predicted molar refractivity (Wildman–Crippen MR) is 69.5 cm³/mol. The number of aryl methyl sites for hydroxylation is 1. The van der Waals surface area contributed by atoms with Gasteiger partial charge >= 0.3 is 5.97 Å². The Morgan fingerprint density at radius 3 is 2.60 bits per heavy atom. The molecule has 2 fully saturated rings. The highest BCUT2D eigenvalue weighted by Crippen LogP contribution is 2.40. The minimum Gasteiger partial charge on any atom is -0.468 e. The zero-order chi connectivity index (χ0) is 14.5. The van der Waals surface area contributed by atoms with E-state index in [4.69, 9.17) is 4.74 Å². The van der Waals surface area contributed by atoms with Gasteiger partial charge in [-0.3, -0.25) is 4.79 Å². The van der Waals surface area contributed by atoms with E-state index >= 15 is 0 Å². The number of rotatable bonds is 3. The number of epoxide rings is 1. The number of carbonyl (C=O) groups excluding carboxylic acids is 1. The van der Waals surface area contributed by atoms with Gasteiger partial charge < -0.3 is 9.47 Å². The lowest BCUT2D eigenvalue weighted by atomic mass is 10.2. The fourth-order valence-corrected chi connectivity index (χ4v) is 4.10. The molecule has 1 aromatic carbocycles. The van der Waals surface area contributed by atoms with E-state index in [2.05, 4.69) is 4.74 Å². The summed E-state index contributed by atoms with van der Waals surface area (Å²) < 4.78 is 36.3. The van der Waals surface area contributed by atoms with Crippen LogP contribution in [0.15, 0.2) is 29.2 Å². The third-order valence-electron chi connectivity index (χ3n) is 3.67. The number of morpholine rings is 1. The second-order valence-corrected chi connectivity index (χ2v) is 6.89. The van der Waals surface area contributed by atoms with Gasteiger partial charge in [-0.2, -0.15) is 4.31 Å². The maximum Gasteiger partial charge on any atom is 0.327 e. The van der Waals surface area contributed by atoms with E-state index < -0.39 is 22.0 Å². The van der Waals surface area contributed by atoms with Gasteiger partial charge in [0, 0.05) is 6.54 Å². The van der Waals surface area contributed by atoms with Crippen LogP contribution in [0.4, 0.5) is 0 Å². The van der Waals surface area contributed by atoms with Crippen molar-refractivity contribution in [2.24, 2.45) is 0 Å². The SMILES string of the molecule is COC(=O)C1C2OC2CN1S(=O)(=O)c1ccc(C)cc1. The largest absolute Gasteiger partial charge is 0.468 e. The van der Waals surface area contributed by atoms with Crippen LogP contribution in [-0.4, -0.2) is 50.6 Å². The van der Waals surface area contributed by atoms with Crippen molar-refractivity contribution in [3.8, 4) is 0 Å². The first-order valence-electron chi connectivity index (χ1n) is 6.27. The Morgan fingerprint density at radius 1 is 1.35 bits per heavy atom. The fraction of sp³-hybridized carbons (Fsp3) is 0.462. The molecule has 0 N–H and O–H groups in total. The van der Waals surface area contributed by atoms with Gasteiger partial charge in [0.1, 0.15) is 12.2 Å². The van der Waals surface area contributed by atoms with Gasteiger partial charge in [0.15, 0.2) is 6.04 Å². The van der Waals surface area contributed by atoms with Gasteiger partial charge in [0.25, 0.3) is 0 Å². The van der Waals surface area contributed by atoms with Crippen molar-refractivity contribution in [3.05, 3.63) is 29.8 Å². The van der Waals surface area contributed by atoms with Crippen molar-refractivity contribution in [2.45, 2.75) is 30.1 Å². The highest BCUT2D eigenvalue weighted by atomic mass is 32.2. The molecule has 3 atom stereocenters. The maximum absolute atomic E-state index is 12.6. The average molecular weight is 297 g/mol. The molecule has 2 saturated heterocycles. The number of esters is 1. The van der Waals surface area contributed by atoms with Crippen LogP contribution in [-0.2, 0) is 24.3 Å². The maximum atomic E-state index is 12.6. The van der Waals surface area contributed by atoms with E-state index in [1.807, 2.05) is 6.92 Å². The standard InChI is InChI=1S/C13H15NO5S/c1-8-3-5-9(6-4-8)20(16,17)14-7-10-12(19-10)11(14)13(15)18-2/h3-6,10-12H,7H2,1-2H3. The van der Waals surface area contributed by atoms with Crippen molar-refractivity contribution in [3.63, 3.8) is 0 Å². The molecule has 0 radical (unpaired) electrons. The second kappa shape index (κ2) is 4.54. The molecule has 0 saturated carbocycles. The lowest BCUT2D eigenvalue weighted by Gasteiger charge is -2.24. The van der Waals surface area contributed by atoms with Gasteiger partial charge in [-0.25, -0.2) is 8.42 Å². The number of hydrogen-bond donors (Lipinski definition) is 0. The normalized spacial score (nSPS) is 29.0. The molecule has 3 rings (SSSR count). The van der Waals surface area contributed by atoms with Crippen LogP contribution in [0, 0.1) is 6.92 Å². The van der Waals surface area contributed by atoms with Crippen molar-refractivity contribution in [1.82, 2.24) is 4.31 Å². The Kier molecular flexibility index (Phi) is 3.07. The zero-order valence-electron chi connectivity index (χ0n) is 11.1. The molecule has 0 bridgehead atoms. The predicted octanol–water partition coefficient (Wildman–Crippen LogP) is 0.308. The molecule has 108 valence electrons. The van der Waals surface area contributed by atoms with E-state index in [9.17, 15) is 13.2 Å². The van der Waals surface area contributed by atoms with Gasteiger partial charge in [-0.1, -0.05) is 17.7 Å². The molecule has 0 spiro atoms. The van der Waals surface area contributed by atoms with E-state index in [1.54, 1.807) is 24.3 Å². The Hall–Kier alpha value is -1.44. The van der Waals surface area contributed by atoms with Crippen molar-refractivity contribution >= 4 is 16.0 Å². The number of carbonyl (C=O) groups is 1. The molecule has 7 heteroatoms. The summed E-state index contributed by atoms with van der Waals surface area (Å²) in [6.07, 6.45) is -0.568. The summed E-state index contributed by atoms with van der Waals surface area (Å²) >= 11 is 0. The zero-order valence-corrected chi connectivity index (χ0v) is 12.0. The first-order valence-corrected chi connectivity index (χ1v) is 7.71. The number of nitrogens with zero attached hydrogens (tertiary/aromatic N) is 1. The third kappa shape index (κ3) is 2.02. The summed E-state index contributed by atoms with van der Waals surface area (Å²) in [5, 5.41) is 0. The summed E-state index contributed by atoms with van der Waals surface area (Å²) in [4.78, 5) is 12.0. The van der Waals surface area contributed by atoms with Crippen molar-refractivity contribution in [2.75, 3.05) is 13.7 Å². The van der Waals surface area contributed by atoms with Gasteiger partial charge in [-0.05, 0) is 19.1 Å². The van der Waals surface area contributed by atoms with Gasteiger partial charge in [0.2, 0.25) is 10.0 Å². The molecule has 6 nitrogen and oxygen atoms in total. The molecule has 0 aliphatic carbocycles. The topological polar surface area (TPSA) is 76.2 Å². The number of sulfonamides is 1. The Labute approximate surface area is 117 Å². The summed E-state index contributed by atoms with van der Waals surface area (Å²) in [6, 6.07) is 5.67. The van der Waals surface area contributed by atoms with E-state index in [0.717, 1.165) is 5.56 Å². The second-order valence-electron chi connectivity index (χ2n) is 4.99. The van der Waals surface area contributed by atoms with Crippen LogP contribution in [0.3, 0.4) is 0 Å². The van der Waals surface area contributed by atoms with Crippen LogP contribution >= 0.6 is 0 Å². The minimum atomic E-state index is -3.71. The third-order valence-corrected chi connectivity index (χ3v) is 5.53. The first-order chi connectivity index (χ1) is 9.45. The van der Waals surface area contributed by atoms with E-state index in [-0.39, 0.29) is 23.6 Å².